The van der Waals surface area contributed by atoms with Crippen molar-refractivity contribution in [2.45, 2.75) is 5.37 Å². The van der Waals surface area contributed by atoms with Gasteiger partial charge in [0, 0.05) is 5.56 Å². The van der Waals surface area contributed by atoms with Gasteiger partial charge in [0.1, 0.15) is 30.0 Å². The molecule has 1 N–H and O–H groups in total. The molecule has 0 saturated carbocycles. The van der Waals surface area contributed by atoms with Gasteiger partial charge in [-0.1, -0.05) is 0 Å². The molecule has 1 atom stereocenters. The number of amides is 2. The third-order valence-electron chi connectivity index (χ3n) is 3.64. The largest absolute Gasteiger partial charge is 0.497 e. The number of benzene rings is 1. The Morgan fingerprint density at radius 1 is 1.28 bits per heavy atom. The molecule has 0 aromatic heterocycles. The summed E-state index contributed by atoms with van der Waals surface area (Å²) in [4.78, 5) is 36.8. The summed E-state index contributed by atoms with van der Waals surface area (Å²) in [6, 6.07) is 5.30. The van der Waals surface area contributed by atoms with E-state index in [-0.39, 0.29) is 30.1 Å². The summed E-state index contributed by atoms with van der Waals surface area (Å²) in [5, 5.41) is 2.06. The summed E-state index contributed by atoms with van der Waals surface area (Å²) in [7, 11) is 4.33. The Labute approximate surface area is 149 Å². The first kappa shape index (κ1) is 18.9. The molecule has 1 aromatic rings. The van der Waals surface area contributed by atoms with Crippen LogP contribution in [-0.4, -0.2) is 62.9 Å². The number of hydrogen-bond donors (Lipinski definition) is 1. The van der Waals surface area contributed by atoms with E-state index in [1.807, 2.05) is 0 Å². The van der Waals surface area contributed by atoms with E-state index in [2.05, 4.69) is 10.1 Å². The number of carbonyl (C=O) groups is 3. The van der Waals surface area contributed by atoms with Gasteiger partial charge in [-0.15, -0.1) is 11.8 Å². The molecular weight excluding hydrogens is 348 g/mol. The second-order valence-corrected chi connectivity index (χ2v) is 6.21. The molecule has 8 nitrogen and oxygen atoms in total. The summed E-state index contributed by atoms with van der Waals surface area (Å²) in [6.07, 6.45) is 0. The summed E-state index contributed by atoms with van der Waals surface area (Å²) >= 11 is 1.40. The molecule has 1 saturated heterocycles. The molecule has 1 aliphatic rings. The van der Waals surface area contributed by atoms with Gasteiger partial charge in [-0.25, -0.2) is 0 Å². The molecule has 136 valence electrons. The van der Waals surface area contributed by atoms with Gasteiger partial charge < -0.3 is 24.4 Å². The van der Waals surface area contributed by atoms with Crippen LogP contribution in [0.3, 0.4) is 0 Å². The Hall–Kier alpha value is -2.42. The minimum Gasteiger partial charge on any atom is -0.497 e. The van der Waals surface area contributed by atoms with Crippen molar-refractivity contribution in [2.75, 3.05) is 40.2 Å². The maximum atomic E-state index is 12.2. The second kappa shape index (κ2) is 8.61. The number of esters is 1. The molecule has 1 aromatic carbocycles. The summed E-state index contributed by atoms with van der Waals surface area (Å²) in [5.41, 5.74) is 0.749. The minimum absolute atomic E-state index is 0.159. The zero-order valence-corrected chi connectivity index (χ0v) is 15.1. The number of thioether (sulfide) groups is 1. The lowest BCUT2D eigenvalue weighted by Gasteiger charge is -2.25. The first-order valence-corrected chi connectivity index (χ1v) is 8.51. The van der Waals surface area contributed by atoms with E-state index in [9.17, 15) is 14.4 Å². The molecule has 1 unspecified atom stereocenters. The molecule has 0 aliphatic carbocycles. The fourth-order valence-corrected chi connectivity index (χ4v) is 3.57. The van der Waals surface area contributed by atoms with Crippen LogP contribution >= 0.6 is 11.8 Å². The highest BCUT2D eigenvalue weighted by molar-refractivity contribution is 8.00. The monoisotopic (exact) mass is 368 g/mol. The van der Waals surface area contributed by atoms with Crippen molar-refractivity contribution < 1.29 is 28.6 Å². The molecule has 1 fully saturated rings. The fraction of sp³-hybridized carbons (Fsp3) is 0.438. The molecule has 1 aliphatic heterocycles. The average Bonchev–Trinajstić information content (AvgIpc) is 2.99. The van der Waals surface area contributed by atoms with Gasteiger partial charge in [-0.2, -0.15) is 0 Å². The summed E-state index contributed by atoms with van der Waals surface area (Å²) < 4.78 is 15.1. The van der Waals surface area contributed by atoms with Crippen LogP contribution in [0.1, 0.15) is 10.9 Å². The molecular formula is C16H20N2O6S. The van der Waals surface area contributed by atoms with Crippen LogP contribution in [0.2, 0.25) is 0 Å². The highest BCUT2D eigenvalue weighted by Crippen LogP contribution is 2.43. The maximum Gasteiger partial charge on any atom is 0.325 e. The van der Waals surface area contributed by atoms with E-state index in [1.54, 1.807) is 32.4 Å². The third-order valence-corrected chi connectivity index (χ3v) is 4.88. The van der Waals surface area contributed by atoms with Crippen molar-refractivity contribution in [3.05, 3.63) is 23.8 Å². The van der Waals surface area contributed by atoms with Crippen molar-refractivity contribution in [2.24, 2.45) is 0 Å². The van der Waals surface area contributed by atoms with E-state index in [0.29, 0.717) is 11.5 Å². The lowest BCUT2D eigenvalue weighted by molar-refractivity contribution is -0.141. The number of rotatable bonds is 7. The first-order valence-electron chi connectivity index (χ1n) is 7.46. The third kappa shape index (κ3) is 4.56. The molecule has 0 bridgehead atoms. The van der Waals surface area contributed by atoms with Gasteiger partial charge >= 0.3 is 5.97 Å². The number of methoxy groups -OCH3 is 3. The van der Waals surface area contributed by atoms with Crippen LogP contribution in [0.5, 0.6) is 11.5 Å². The van der Waals surface area contributed by atoms with Crippen LogP contribution in [0.25, 0.3) is 0 Å². The summed E-state index contributed by atoms with van der Waals surface area (Å²) in [5.74, 6) is 0.344. The molecule has 0 radical (unpaired) electrons. The first-order chi connectivity index (χ1) is 12.0. The van der Waals surface area contributed by atoms with Crippen LogP contribution in [0.4, 0.5) is 0 Å². The molecule has 9 heteroatoms. The predicted octanol–water partition coefficient (Wildman–Crippen LogP) is 0.567. The van der Waals surface area contributed by atoms with E-state index in [4.69, 9.17) is 9.47 Å². The van der Waals surface area contributed by atoms with Gasteiger partial charge in [0.2, 0.25) is 11.8 Å². The number of nitrogens with zero attached hydrogens (tertiary/aromatic N) is 1. The zero-order chi connectivity index (χ0) is 18.4. The Morgan fingerprint density at radius 3 is 2.68 bits per heavy atom. The van der Waals surface area contributed by atoms with Gasteiger partial charge in [0.05, 0.1) is 27.1 Å². The smallest absolute Gasteiger partial charge is 0.325 e. The average molecular weight is 368 g/mol. The lowest BCUT2D eigenvalue weighted by atomic mass is 10.1. The van der Waals surface area contributed by atoms with Crippen molar-refractivity contribution >= 4 is 29.5 Å². The fourth-order valence-electron chi connectivity index (χ4n) is 2.37. The van der Waals surface area contributed by atoms with E-state index in [0.717, 1.165) is 5.56 Å². The van der Waals surface area contributed by atoms with Gasteiger partial charge in [-0.3, -0.25) is 14.4 Å². The van der Waals surface area contributed by atoms with Crippen LogP contribution < -0.4 is 14.8 Å². The highest BCUT2D eigenvalue weighted by atomic mass is 32.2. The second-order valence-electron chi connectivity index (χ2n) is 5.15. The van der Waals surface area contributed by atoms with E-state index in [1.165, 1.54) is 23.8 Å². The normalized spacial score (nSPS) is 16.5. The van der Waals surface area contributed by atoms with Crippen LogP contribution in [0.15, 0.2) is 18.2 Å². The zero-order valence-electron chi connectivity index (χ0n) is 14.2. The van der Waals surface area contributed by atoms with Gasteiger partial charge in [0.15, 0.2) is 0 Å². The molecule has 0 spiro atoms. The molecule has 1 heterocycles. The number of hydrogen-bond acceptors (Lipinski definition) is 7. The highest BCUT2D eigenvalue weighted by Gasteiger charge is 2.36. The van der Waals surface area contributed by atoms with Crippen molar-refractivity contribution in [1.29, 1.82) is 0 Å². The van der Waals surface area contributed by atoms with Crippen molar-refractivity contribution in [3.8, 4) is 11.5 Å². The number of ether oxygens (including phenoxy) is 3. The molecule has 2 amide bonds. The number of carbonyl (C=O) groups excluding carboxylic acids is 3. The molecule has 2 rings (SSSR count). The standard InChI is InChI=1S/C16H20N2O6S/c1-22-10-4-5-12(23-2)11(6-10)16-18(14(20)9-25-16)8-13(19)17-7-15(21)24-3/h4-6,16H,7-9H2,1-3H3,(H,17,19). The quantitative estimate of drug-likeness (QED) is 0.703. The minimum atomic E-state index is -0.554. The topological polar surface area (TPSA) is 94.2 Å². The Morgan fingerprint density at radius 2 is 2.04 bits per heavy atom. The van der Waals surface area contributed by atoms with Gasteiger partial charge in [0.25, 0.3) is 0 Å². The maximum absolute atomic E-state index is 12.2. The lowest BCUT2D eigenvalue weighted by Crippen LogP contribution is -2.41. The number of nitrogens with one attached hydrogen (secondary N) is 1. The van der Waals surface area contributed by atoms with Crippen molar-refractivity contribution in [3.63, 3.8) is 0 Å². The van der Waals surface area contributed by atoms with Gasteiger partial charge in [-0.05, 0) is 18.2 Å². The summed E-state index contributed by atoms with van der Waals surface area (Å²) in [6.45, 7) is -0.397. The predicted molar refractivity (Wildman–Crippen MR) is 91.5 cm³/mol. The van der Waals surface area contributed by atoms with Crippen LogP contribution in [0, 0.1) is 0 Å². The van der Waals surface area contributed by atoms with E-state index < -0.39 is 11.9 Å². The van der Waals surface area contributed by atoms with E-state index >= 15 is 0 Å². The van der Waals surface area contributed by atoms with Crippen LogP contribution in [-0.2, 0) is 19.1 Å². The SMILES string of the molecule is COC(=O)CNC(=O)CN1C(=O)CSC1c1cc(OC)ccc1OC. The Kier molecular flexibility index (Phi) is 6.51. The molecule has 25 heavy (non-hydrogen) atoms. The van der Waals surface area contributed by atoms with Crippen molar-refractivity contribution in [1.82, 2.24) is 10.2 Å². The Bertz CT molecular complexity index is 666. The Balaban J connectivity index is 2.16.